The fourth-order valence-electron chi connectivity index (χ4n) is 3.69. The normalized spacial score (nSPS) is 16.4. The molecular weight excluding hydrogens is 480 g/mol. The van der Waals surface area contributed by atoms with Crippen molar-refractivity contribution in [2.45, 2.75) is 37.7 Å². The summed E-state index contributed by atoms with van der Waals surface area (Å²) in [6.07, 6.45) is -10.3. The van der Waals surface area contributed by atoms with Crippen molar-refractivity contribution >= 4 is 22.0 Å². The molecule has 2 aromatic carbocycles. The topological polar surface area (TPSA) is 40.5 Å². The van der Waals surface area contributed by atoms with Crippen molar-refractivity contribution in [1.82, 2.24) is 4.90 Å². The molecular formula is C20H16BrF6NO2. The number of amides is 1. The van der Waals surface area contributed by atoms with Crippen LogP contribution in [0.25, 0.3) is 0 Å². The fourth-order valence-corrected chi connectivity index (χ4v) is 4.09. The lowest BCUT2D eigenvalue weighted by atomic mass is 10.0. The Kier molecular flexibility index (Phi) is 6.08. The molecule has 1 unspecified atom stereocenters. The Morgan fingerprint density at radius 1 is 1.03 bits per heavy atom. The predicted octanol–water partition coefficient (Wildman–Crippen LogP) is 6.70. The molecule has 1 atom stereocenters. The number of alkyl halides is 6. The largest absolute Gasteiger partial charge is 0.465 e. The summed E-state index contributed by atoms with van der Waals surface area (Å²) in [5, 5.41) is 9.62. The van der Waals surface area contributed by atoms with Crippen LogP contribution in [0.3, 0.4) is 0 Å². The Hall–Kier alpha value is -2.23. The standard InChI is InChI=1S/C20H16BrF6NO2/c21-15-2-3-16-12(9-15)1-4-17(16)28(18(29)30)6-5-11-7-13(19(22,23)24)10-14(8-11)20(25,26)27/h2-3,7-10,17H,1,4-6H2,(H,29,30). The zero-order valence-corrected chi connectivity index (χ0v) is 16.9. The van der Waals surface area contributed by atoms with Crippen LogP contribution in [0.4, 0.5) is 31.1 Å². The molecule has 3 nitrogen and oxygen atoms in total. The second kappa shape index (κ2) is 8.13. The van der Waals surface area contributed by atoms with Crippen LogP contribution >= 0.6 is 15.9 Å². The van der Waals surface area contributed by atoms with Crippen molar-refractivity contribution in [2.75, 3.05) is 6.54 Å². The summed E-state index contributed by atoms with van der Waals surface area (Å²) < 4.78 is 79.0. The predicted molar refractivity (Wildman–Crippen MR) is 100 cm³/mol. The van der Waals surface area contributed by atoms with Gasteiger partial charge in [-0.05, 0) is 66.3 Å². The van der Waals surface area contributed by atoms with E-state index in [1.807, 2.05) is 6.07 Å². The highest BCUT2D eigenvalue weighted by Crippen LogP contribution is 2.39. The maximum atomic E-state index is 13.0. The molecule has 0 heterocycles. The number of fused-ring (bicyclic) bond motifs is 1. The first-order valence-electron chi connectivity index (χ1n) is 8.92. The minimum absolute atomic E-state index is 0.0591. The third-order valence-corrected chi connectivity index (χ3v) is 5.56. The lowest BCUT2D eigenvalue weighted by molar-refractivity contribution is -0.143. The number of aryl methyl sites for hydroxylation is 1. The average Bonchev–Trinajstić information content (AvgIpc) is 3.02. The molecule has 30 heavy (non-hydrogen) atoms. The quantitative estimate of drug-likeness (QED) is 0.479. The summed E-state index contributed by atoms with van der Waals surface area (Å²) in [5.41, 5.74) is -1.30. The van der Waals surface area contributed by atoms with Gasteiger partial charge in [0.05, 0.1) is 17.2 Å². The lowest BCUT2D eigenvalue weighted by Crippen LogP contribution is -2.34. The molecule has 10 heteroatoms. The van der Waals surface area contributed by atoms with Crippen molar-refractivity contribution in [2.24, 2.45) is 0 Å². The van der Waals surface area contributed by atoms with Gasteiger partial charge in [-0.25, -0.2) is 4.79 Å². The van der Waals surface area contributed by atoms with Crippen LogP contribution in [0.1, 0.15) is 40.3 Å². The Labute approximate surface area is 176 Å². The van der Waals surface area contributed by atoms with Gasteiger partial charge in [0.25, 0.3) is 0 Å². The van der Waals surface area contributed by atoms with E-state index in [1.165, 1.54) is 0 Å². The van der Waals surface area contributed by atoms with Gasteiger partial charge in [-0.3, -0.25) is 0 Å². The van der Waals surface area contributed by atoms with Crippen molar-refractivity contribution in [3.8, 4) is 0 Å². The van der Waals surface area contributed by atoms with Gasteiger partial charge < -0.3 is 10.0 Å². The molecule has 0 aliphatic heterocycles. The zero-order chi connectivity index (χ0) is 22.3. The molecule has 1 aliphatic carbocycles. The van der Waals surface area contributed by atoms with E-state index in [4.69, 9.17) is 0 Å². The Balaban J connectivity index is 1.87. The number of carboxylic acid groups (broad SMARTS) is 1. The highest BCUT2D eigenvalue weighted by Gasteiger charge is 2.37. The van der Waals surface area contributed by atoms with Crippen LogP contribution in [0.2, 0.25) is 0 Å². The van der Waals surface area contributed by atoms with Gasteiger partial charge in [0.2, 0.25) is 0 Å². The van der Waals surface area contributed by atoms with Gasteiger partial charge in [-0.1, -0.05) is 22.0 Å². The van der Waals surface area contributed by atoms with E-state index < -0.39 is 35.6 Å². The summed E-state index contributed by atoms with van der Waals surface area (Å²) in [6.45, 7) is -0.228. The van der Waals surface area contributed by atoms with E-state index in [0.717, 1.165) is 20.5 Å². The molecule has 1 aliphatic rings. The first-order chi connectivity index (χ1) is 13.9. The van der Waals surface area contributed by atoms with Crippen LogP contribution in [-0.4, -0.2) is 22.6 Å². The molecule has 1 N–H and O–H groups in total. The molecule has 162 valence electrons. The highest BCUT2D eigenvalue weighted by atomic mass is 79.9. The van der Waals surface area contributed by atoms with Crippen LogP contribution < -0.4 is 0 Å². The first kappa shape index (κ1) is 22.5. The van der Waals surface area contributed by atoms with Gasteiger partial charge in [0.1, 0.15) is 0 Å². The summed E-state index contributed by atoms with van der Waals surface area (Å²) in [4.78, 5) is 12.9. The number of rotatable bonds is 4. The Morgan fingerprint density at radius 2 is 1.63 bits per heavy atom. The fraction of sp³-hybridized carbons (Fsp3) is 0.350. The molecule has 3 rings (SSSR count). The van der Waals surface area contributed by atoms with Crippen LogP contribution in [0.15, 0.2) is 40.9 Å². The molecule has 2 aromatic rings. The Bertz CT molecular complexity index is 925. The van der Waals surface area contributed by atoms with E-state index in [0.29, 0.717) is 25.0 Å². The highest BCUT2D eigenvalue weighted by molar-refractivity contribution is 9.10. The van der Waals surface area contributed by atoms with Gasteiger partial charge in [0, 0.05) is 11.0 Å². The van der Waals surface area contributed by atoms with E-state index >= 15 is 0 Å². The van der Waals surface area contributed by atoms with E-state index in [-0.39, 0.29) is 24.6 Å². The van der Waals surface area contributed by atoms with E-state index in [9.17, 15) is 36.2 Å². The van der Waals surface area contributed by atoms with Crippen LogP contribution in [0.5, 0.6) is 0 Å². The van der Waals surface area contributed by atoms with Gasteiger partial charge >= 0.3 is 18.4 Å². The van der Waals surface area contributed by atoms with Crippen LogP contribution in [-0.2, 0) is 25.2 Å². The molecule has 0 saturated carbocycles. The van der Waals surface area contributed by atoms with Gasteiger partial charge in [0.15, 0.2) is 0 Å². The third-order valence-electron chi connectivity index (χ3n) is 5.06. The molecule has 0 bridgehead atoms. The van der Waals surface area contributed by atoms with Crippen molar-refractivity contribution in [3.63, 3.8) is 0 Å². The summed E-state index contributed by atoms with van der Waals surface area (Å²) in [6, 6.07) is 6.24. The van der Waals surface area contributed by atoms with E-state index in [1.54, 1.807) is 12.1 Å². The van der Waals surface area contributed by atoms with Gasteiger partial charge in [-0.15, -0.1) is 0 Å². The minimum atomic E-state index is -4.94. The number of carbonyl (C=O) groups is 1. The number of hydrogen-bond acceptors (Lipinski definition) is 1. The van der Waals surface area contributed by atoms with Crippen molar-refractivity contribution in [1.29, 1.82) is 0 Å². The molecule has 0 saturated heterocycles. The second-order valence-corrected chi connectivity index (χ2v) is 7.95. The monoisotopic (exact) mass is 495 g/mol. The van der Waals surface area contributed by atoms with Crippen molar-refractivity contribution in [3.05, 3.63) is 68.7 Å². The number of nitrogens with zero attached hydrogens (tertiary/aromatic N) is 1. The minimum Gasteiger partial charge on any atom is -0.465 e. The molecule has 0 spiro atoms. The second-order valence-electron chi connectivity index (χ2n) is 7.04. The smallest absolute Gasteiger partial charge is 0.416 e. The van der Waals surface area contributed by atoms with Crippen molar-refractivity contribution < 1.29 is 36.2 Å². The summed E-state index contributed by atoms with van der Waals surface area (Å²) >= 11 is 3.34. The molecule has 0 radical (unpaired) electrons. The van der Waals surface area contributed by atoms with Crippen LogP contribution in [0, 0.1) is 0 Å². The first-order valence-corrected chi connectivity index (χ1v) is 9.72. The number of hydrogen-bond donors (Lipinski definition) is 1. The molecule has 1 amide bonds. The number of benzene rings is 2. The molecule has 0 aromatic heterocycles. The average molecular weight is 496 g/mol. The zero-order valence-electron chi connectivity index (χ0n) is 15.3. The Morgan fingerprint density at radius 3 is 2.17 bits per heavy atom. The summed E-state index contributed by atoms with van der Waals surface area (Å²) in [5.74, 6) is 0. The maximum absolute atomic E-state index is 13.0. The van der Waals surface area contributed by atoms with E-state index in [2.05, 4.69) is 15.9 Å². The lowest BCUT2D eigenvalue weighted by Gasteiger charge is -2.27. The third kappa shape index (κ3) is 4.91. The maximum Gasteiger partial charge on any atom is 0.416 e. The SMILES string of the molecule is O=C(O)N(CCc1cc(C(F)(F)F)cc(C(F)(F)F)c1)C1CCc2cc(Br)ccc21. The number of halogens is 7. The van der Waals surface area contributed by atoms with Gasteiger partial charge in [-0.2, -0.15) is 26.3 Å². The molecule has 0 fully saturated rings. The summed E-state index contributed by atoms with van der Waals surface area (Å²) in [7, 11) is 0.